The standard InChI is InChI=1S/C18H20N2O4S/c1-18(2,3)12-7-9-13(10-8-12)25(22,23)20-15-6-4-5-14-17(15)24-11-16(21)19-14/h4-10,20H,11H2,1-3H3,(H,19,21). The highest BCUT2D eigenvalue weighted by molar-refractivity contribution is 7.92. The number of benzene rings is 2. The summed E-state index contributed by atoms with van der Waals surface area (Å²) in [7, 11) is -3.77. The fourth-order valence-electron chi connectivity index (χ4n) is 2.53. The van der Waals surface area contributed by atoms with Gasteiger partial charge in [-0.15, -0.1) is 0 Å². The Bertz CT molecular complexity index is 913. The SMILES string of the molecule is CC(C)(C)c1ccc(S(=O)(=O)Nc2cccc3c2OCC(=O)N3)cc1. The number of carbonyl (C=O) groups excluding carboxylic acids is 1. The molecule has 1 amide bonds. The van der Waals surface area contributed by atoms with Crippen molar-refractivity contribution in [3.05, 3.63) is 48.0 Å². The van der Waals surface area contributed by atoms with E-state index < -0.39 is 10.0 Å². The van der Waals surface area contributed by atoms with Gasteiger partial charge in [-0.2, -0.15) is 0 Å². The number of amides is 1. The van der Waals surface area contributed by atoms with Crippen molar-refractivity contribution in [2.75, 3.05) is 16.6 Å². The number of ether oxygens (including phenoxy) is 1. The second kappa shape index (κ2) is 6.07. The van der Waals surface area contributed by atoms with E-state index in [0.717, 1.165) is 5.56 Å². The highest BCUT2D eigenvalue weighted by atomic mass is 32.2. The van der Waals surface area contributed by atoms with E-state index in [2.05, 4.69) is 30.8 Å². The molecule has 0 saturated heterocycles. The molecule has 2 aromatic carbocycles. The zero-order valence-corrected chi connectivity index (χ0v) is 15.1. The van der Waals surface area contributed by atoms with Gasteiger partial charge in [0.1, 0.15) is 0 Å². The third-order valence-corrected chi connectivity index (χ3v) is 5.29. The smallest absolute Gasteiger partial charge is 0.262 e. The Hall–Kier alpha value is -2.54. The van der Waals surface area contributed by atoms with Gasteiger partial charge in [-0.1, -0.05) is 39.0 Å². The summed E-state index contributed by atoms with van der Waals surface area (Å²) in [5.41, 5.74) is 1.73. The molecular formula is C18H20N2O4S. The molecule has 0 aliphatic carbocycles. The van der Waals surface area contributed by atoms with Gasteiger partial charge in [0.2, 0.25) is 0 Å². The molecule has 1 aliphatic heterocycles. The zero-order valence-electron chi connectivity index (χ0n) is 14.3. The van der Waals surface area contributed by atoms with Gasteiger partial charge >= 0.3 is 0 Å². The third kappa shape index (κ3) is 3.61. The Labute approximate surface area is 147 Å². The van der Waals surface area contributed by atoms with Crippen LogP contribution in [0.25, 0.3) is 0 Å². The molecule has 0 aromatic heterocycles. The summed E-state index contributed by atoms with van der Waals surface area (Å²) in [5, 5.41) is 2.65. The highest BCUT2D eigenvalue weighted by Crippen LogP contribution is 2.36. The average molecular weight is 360 g/mol. The Kier molecular flexibility index (Phi) is 4.20. The van der Waals surface area contributed by atoms with Crippen LogP contribution in [-0.4, -0.2) is 20.9 Å². The molecule has 6 nitrogen and oxygen atoms in total. The van der Waals surface area contributed by atoms with Crippen LogP contribution in [-0.2, 0) is 20.2 Å². The number of anilines is 2. The number of fused-ring (bicyclic) bond motifs is 1. The Morgan fingerprint density at radius 3 is 2.40 bits per heavy atom. The first-order chi connectivity index (χ1) is 11.7. The molecule has 0 bridgehead atoms. The molecular weight excluding hydrogens is 340 g/mol. The molecule has 2 N–H and O–H groups in total. The van der Waals surface area contributed by atoms with Crippen LogP contribution >= 0.6 is 0 Å². The quantitative estimate of drug-likeness (QED) is 0.881. The third-order valence-electron chi connectivity index (χ3n) is 3.91. The van der Waals surface area contributed by atoms with E-state index in [9.17, 15) is 13.2 Å². The molecule has 0 saturated carbocycles. The van der Waals surface area contributed by atoms with E-state index in [4.69, 9.17) is 4.74 Å². The maximum atomic E-state index is 12.7. The highest BCUT2D eigenvalue weighted by Gasteiger charge is 2.23. The second-order valence-corrected chi connectivity index (χ2v) is 8.58. The minimum absolute atomic E-state index is 0.0553. The Morgan fingerprint density at radius 2 is 1.76 bits per heavy atom. The lowest BCUT2D eigenvalue weighted by Gasteiger charge is -2.21. The minimum Gasteiger partial charge on any atom is -0.479 e. The molecule has 1 heterocycles. The van der Waals surface area contributed by atoms with E-state index in [1.54, 1.807) is 30.3 Å². The summed E-state index contributed by atoms with van der Waals surface area (Å²) in [6, 6.07) is 11.7. The van der Waals surface area contributed by atoms with Gasteiger partial charge in [-0.05, 0) is 35.2 Å². The number of hydrogen-bond donors (Lipinski definition) is 2. The normalized spacial score (nSPS) is 14.3. The summed E-state index contributed by atoms with van der Waals surface area (Å²) in [4.78, 5) is 11.5. The van der Waals surface area contributed by atoms with Gasteiger partial charge < -0.3 is 10.1 Å². The Morgan fingerprint density at radius 1 is 1.08 bits per heavy atom. The van der Waals surface area contributed by atoms with Crippen LogP contribution < -0.4 is 14.8 Å². The van der Waals surface area contributed by atoms with E-state index in [-0.39, 0.29) is 28.5 Å². The number of hydrogen-bond acceptors (Lipinski definition) is 4. The first-order valence-corrected chi connectivity index (χ1v) is 9.34. The van der Waals surface area contributed by atoms with Crippen LogP contribution in [0.3, 0.4) is 0 Å². The summed E-state index contributed by atoms with van der Waals surface area (Å²) in [6.07, 6.45) is 0. The van der Waals surface area contributed by atoms with E-state index in [0.29, 0.717) is 11.4 Å². The lowest BCUT2D eigenvalue weighted by atomic mass is 9.87. The maximum absolute atomic E-state index is 12.7. The minimum atomic E-state index is -3.77. The summed E-state index contributed by atoms with van der Waals surface area (Å²) in [5.74, 6) is 0.0438. The molecule has 132 valence electrons. The fourth-order valence-corrected chi connectivity index (χ4v) is 3.60. The lowest BCUT2D eigenvalue weighted by Crippen LogP contribution is -2.26. The Balaban J connectivity index is 1.90. The van der Waals surface area contributed by atoms with E-state index in [1.165, 1.54) is 0 Å². The van der Waals surface area contributed by atoms with Crippen LogP contribution in [0.15, 0.2) is 47.4 Å². The van der Waals surface area contributed by atoms with Gasteiger partial charge in [-0.25, -0.2) is 8.42 Å². The van der Waals surface area contributed by atoms with Crippen LogP contribution in [0.4, 0.5) is 11.4 Å². The molecule has 0 fully saturated rings. The lowest BCUT2D eigenvalue weighted by molar-refractivity contribution is -0.118. The number of rotatable bonds is 3. The molecule has 0 spiro atoms. The van der Waals surface area contributed by atoms with Gasteiger partial charge in [-0.3, -0.25) is 9.52 Å². The average Bonchev–Trinajstić information content (AvgIpc) is 2.54. The molecule has 25 heavy (non-hydrogen) atoms. The second-order valence-electron chi connectivity index (χ2n) is 6.90. The van der Waals surface area contributed by atoms with Crippen LogP contribution in [0.2, 0.25) is 0 Å². The molecule has 0 radical (unpaired) electrons. The first kappa shape index (κ1) is 17.3. The van der Waals surface area contributed by atoms with Crippen molar-refractivity contribution in [1.29, 1.82) is 0 Å². The monoisotopic (exact) mass is 360 g/mol. The molecule has 0 atom stereocenters. The van der Waals surface area contributed by atoms with Crippen LogP contribution in [0.5, 0.6) is 5.75 Å². The predicted octanol–water partition coefficient (Wildman–Crippen LogP) is 3.12. The number of nitrogens with one attached hydrogen (secondary N) is 2. The van der Waals surface area contributed by atoms with Crippen LogP contribution in [0, 0.1) is 0 Å². The molecule has 7 heteroatoms. The fraction of sp³-hybridized carbons (Fsp3) is 0.278. The largest absolute Gasteiger partial charge is 0.479 e. The summed E-state index contributed by atoms with van der Waals surface area (Å²) in [6.45, 7) is 6.05. The molecule has 0 unspecified atom stereocenters. The van der Waals surface area contributed by atoms with Gasteiger partial charge in [0, 0.05) is 0 Å². The molecule has 1 aliphatic rings. The zero-order chi connectivity index (χ0) is 18.2. The number of para-hydroxylation sites is 1. The topological polar surface area (TPSA) is 84.5 Å². The number of carbonyl (C=O) groups is 1. The van der Waals surface area contributed by atoms with Crippen LogP contribution in [0.1, 0.15) is 26.3 Å². The summed E-state index contributed by atoms with van der Waals surface area (Å²) >= 11 is 0. The van der Waals surface area contributed by atoms with Gasteiger partial charge in [0.15, 0.2) is 12.4 Å². The van der Waals surface area contributed by atoms with E-state index >= 15 is 0 Å². The maximum Gasteiger partial charge on any atom is 0.262 e. The number of sulfonamides is 1. The predicted molar refractivity (Wildman–Crippen MR) is 96.5 cm³/mol. The van der Waals surface area contributed by atoms with Crippen molar-refractivity contribution >= 4 is 27.3 Å². The molecule has 2 aromatic rings. The van der Waals surface area contributed by atoms with Crippen molar-refractivity contribution in [3.63, 3.8) is 0 Å². The van der Waals surface area contributed by atoms with Gasteiger partial charge in [0.05, 0.1) is 16.3 Å². The van der Waals surface area contributed by atoms with E-state index in [1.807, 2.05) is 12.1 Å². The summed E-state index contributed by atoms with van der Waals surface area (Å²) < 4.78 is 33.2. The van der Waals surface area contributed by atoms with Crippen molar-refractivity contribution < 1.29 is 17.9 Å². The molecule has 3 rings (SSSR count). The first-order valence-electron chi connectivity index (χ1n) is 7.86. The van der Waals surface area contributed by atoms with Gasteiger partial charge in [0.25, 0.3) is 15.9 Å². The van der Waals surface area contributed by atoms with Crippen molar-refractivity contribution in [3.8, 4) is 5.75 Å². The van der Waals surface area contributed by atoms with Crippen molar-refractivity contribution in [1.82, 2.24) is 0 Å². The van der Waals surface area contributed by atoms with Crippen molar-refractivity contribution in [2.45, 2.75) is 31.1 Å². The van der Waals surface area contributed by atoms with Crippen molar-refractivity contribution in [2.24, 2.45) is 0 Å².